The Kier molecular flexibility index (Phi) is 3.89. The number of hydrogen-bond acceptors (Lipinski definition) is 4. The quantitative estimate of drug-likeness (QED) is 0.781. The van der Waals surface area contributed by atoms with E-state index in [2.05, 4.69) is 52.8 Å². The summed E-state index contributed by atoms with van der Waals surface area (Å²) >= 11 is 0. The maximum absolute atomic E-state index is 3.99. The third-order valence-electron chi connectivity index (χ3n) is 3.35. The molecule has 0 radical (unpaired) electrons. The smallest absolute Gasteiger partial charge is 0.191 e. The predicted octanol–water partition coefficient (Wildman–Crippen LogP) is 1.84. The number of aromatic amines is 1. The van der Waals surface area contributed by atoms with Crippen LogP contribution in [0, 0.1) is 11.8 Å². The number of tetrazole rings is 1. The van der Waals surface area contributed by atoms with Gasteiger partial charge in [-0.2, -0.15) is 5.21 Å². The Labute approximate surface area is 102 Å². The van der Waals surface area contributed by atoms with Crippen molar-refractivity contribution in [2.24, 2.45) is 11.8 Å². The first-order valence-corrected chi connectivity index (χ1v) is 6.29. The summed E-state index contributed by atoms with van der Waals surface area (Å²) in [7, 11) is 0. The summed E-state index contributed by atoms with van der Waals surface area (Å²) in [5.74, 6) is 2.17. The van der Waals surface area contributed by atoms with Gasteiger partial charge in [-0.3, -0.25) is 0 Å². The van der Waals surface area contributed by atoms with Crippen molar-refractivity contribution in [3.05, 3.63) is 17.5 Å². The van der Waals surface area contributed by atoms with Crippen molar-refractivity contribution in [2.75, 3.05) is 6.54 Å². The highest BCUT2D eigenvalue weighted by molar-refractivity contribution is 5.06. The second-order valence-electron chi connectivity index (χ2n) is 5.20. The highest BCUT2D eigenvalue weighted by Gasteiger charge is 2.19. The van der Waals surface area contributed by atoms with Crippen molar-refractivity contribution in [3.8, 4) is 0 Å². The van der Waals surface area contributed by atoms with Gasteiger partial charge in [-0.15, -0.1) is 10.2 Å². The van der Waals surface area contributed by atoms with Crippen LogP contribution in [-0.2, 0) is 0 Å². The van der Waals surface area contributed by atoms with Gasteiger partial charge < -0.3 is 5.32 Å². The van der Waals surface area contributed by atoms with Gasteiger partial charge in [0, 0.05) is 0 Å². The van der Waals surface area contributed by atoms with Crippen molar-refractivity contribution in [1.82, 2.24) is 25.9 Å². The van der Waals surface area contributed by atoms with Gasteiger partial charge in [0.25, 0.3) is 0 Å². The molecule has 2 N–H and O–H groups in total. The Balaban J connectivity index is 1.81. The SMILES string of the molecule is CC1=CC(C)CC(CNC(C)c2nn[nH]n2)C1. The number of nitrogens with zero attached hydrogens (tertiary/aromatic N) is 3. The molecule has 5 heteroatoms. The maximum atomic E-state index is 3.99. The fraction of sp³-hybridized carbons (Fsp3) is 0.750. The van der Waals surface area contributed by atoms with Crippen LogP contribution in [0.3, 0.4) is 0 Å². The fourth-order valence-corrected chi connectivity index (χ4v) is 2.63. The normalized spacial score (nSPS) is 26.6. The third kappa shape index (κ3) is 3.36. The lowest BCUT2D eigenvalue weighted by Gasteiger charge is -2.26. The molecule has 5 nitrogen and oxygen atoms in total. The average molecular weight is 235 g/mol. The first kappa shape index (κ1) is 12.2. The molecule has 0 fully saturated rings. The monoisotopic (exact) mass is 235 g/mol. The van der Waals surface area contributed by atoms with Crippen LogP contribution in [0.15, 0.2) is 11.6 Å². The standard InChI is InChI=1S/C12H21N5/c1-8-4-9(2)6-11(5-8)7-13-10(3)12-14-16-17-15-12/h4,8,10-11,13H,5-7H2,1-3H3,(H,14,15,16,17). The Hall–Kier alpha value is -1.23. The van der Waals surface area contributed by atoms with Crippen LogP contribution in [0.2, 0.25) is 0 Å². The van der Waals surface area contributed by atoms with E-state index in [4.69, 9.17) is 0 Å². The molecule has 0 saturated carbocycles. The molecule has 1 aliphatic carbocycles. The lowest BCUT2D eigenvalue weighted by atomic mass is 9.83. The summed E-state index contributed by atoms with van der Waals surface area (Å²) in [6.45, 7) is 7.61. The number of allylic oxidation sites excluding steroid dienone is 2. The molecule has 2 rings (SSSR count). The number of aromatic nitrogens is 4. The van der Waals surface area contributed by atoms with Gasteiger partial charge in [0.2, 0.25) is 0 Å². The molecule has 0 aliphatic heterocycles. The summed E-state index contributed by atoms with van der Waals surface area (Å²) in [6.07, 6.45) is 4.86. The zero-order valence-corrected chi connectivity index (χ0v) is 10.8. The van der Waals surface area contributed by atoms with Gasteiger partial charge in [0.15, 0.2) is 5.82 Å². The van der Waals surface area contributed by atoms with Gasteiger partial charge in [0.05, 0.1) is 6.04 Å². The first-order chi connectivity index (χ1) is 8.15. The van der Waals surface area contributed by atoms with E-state index in [1.165, 1.54) is 18.4 Å². The lowest BCUT2D eigenvalue weighted by molar-refractivity contribution is 0.363. The summed E-state index contributed by atoms with van der Waals surface area (Å²) < 4.78 is 0. The third-order valence-corrected chi connectivity index (χ3v) is 3.35. The summed E-state index contributed by atoms with van der Waals surface area (Å²) in [5, 5.41) is 17.5. The molecular weight excluding hydrogens is 214 g/mol. The highest BCUT2D eigenvalue weighted by Crippen LogP contribution is 2.27. The first-order valence-electron chi connectivity index (χ1n) is 6.29. The molecule has 1 heterocycles. The van der Waals surface area contributed by atoms with Gasteiger partial charge in [0.1, 0.15) is 0 Å². The van der Waals surface area contributed by atoms with Gasteiger partial charge in [-0.05, 0) is 45.1 Å². The van der Waals surface area contributed by atoms with E-state index in [9.17, 15) is 0 Å². The lowest BCUT2D eigenvalue weighted by Crippen LogP contribution is -2.28. The molecule has 17 heavy (non-hydrogen) atoms. The summed E-state index contributed by atoms with van der Waals surface area (Å²) in [6, 6.07) is 0.162. The van der Waals surface area contributed by atoms with Gasteiger partial charge in [-0.1, -0.05) is 23.8 Å². The average Bonchev–Trinajstić information content (AvgIpc) is 2.78. The Morgan fingerprint density at radius 3 is 3.06 bits per heavy atom. The molecule has 1 aromatic heterocycles. The van der Waals surface area contributed by atoms with Crippen LogP contribution in [0.4, 0.5) is 0 Å². The second kappa shape index (κ2) is 5.40. The molecule has 1 aromatic rings. The van der Waals surface area contributed by atoms with Crippen molar-refractivity contribution in [1.29, 1.82) is 0 Å². The topological polar surface area (TPSA) is 66.5 Å². The number of nitrogens with one attached hydrogen (secondary N) is 2. The molecule has 94 valence electrons. The molecule has 0 bridgehead atoms. The van der Waals surface area contributed by atoms with Crippen LogP contribution >= 0.6 is 0 Å². The highest BCUT2D eigenvalue weighted by atomic mass is 15.5. The van der Waals surface area contributed by atoms with Crippen molar-refractivity contribution >= 4 is 0 Å². The fourth-order valence-electron chi connectivity index (χ4n) is 2.63. The molecule has 3 unspecified atom stereocenters. The molecular formula is C12H21N5. The molecule has 0 aromatic carbocycles. The van der Waals surface area contributed by atoms with Crippen LogP contribution in [0.1, 0.15) is 45.5 Å². The van der Waals surface area contributed by atoms with Crippen LogP contribution in [0.5, 0.6) is 0 Å². The predicted molar refractivity (Wildman–Crippen MR) is 66.2 cm³/mol. The molecule has 0 amide bonds. The summed E-state index contributed by atoms with van der Waals surface area (Å²) in [4.78, 5) is 0. The van der Waals surface area contributed by atoms with Gasteiger partial charge in [-0.25, -0.2) is 0 Å². The van der Waals surface area contributed by atoms with Crippen LogP contribution < -0.4 is 5.32 Å². The number of hydrogen-bond donors (Lipinski definition) is 2. The largest absolute Gasteiger partial charge is 0.307 e. The van der Waals surface area contributed by atoms with Gasteiger partial charge >= 0.3 is 0 Å². The number of H-pyrrole nitrogens is 1. The zero-order chi connectivity index (χ0) is 12.3. The summed E-state index contributed by atoms with van der Waals surface area (Å²) in [5.41, 5.74) is 1.52. The number of rotatable bonds is 4. The van der Waals surface area contributed by atoms with Crippen LogP contribution in [0.25, 0.3) is 0 Å². The van der Waals surface area contributed by atoms with E-state index in [1.54, 1.807) is 0 Å². The van der Waals surface area contributed by atoms with E-state index in [0.717, 1.165) is 18.3 Å². The van der Waals surface area contributed by atoms with E-state index >= 15 is 0 Å². The molecule has 0 saturated heterocycles. The van der Waals surface area contributed by atoms with E-state index < -0.39 is 0 Å². The Bertz CT molecular complexity index is 370. The maximum Gasteiger partial charge on any atom is 0.191 e. The van der Waals surface area contributed by atoms with Crippen molar-refractivity contribution < 1.29 is 0 Å². The minimum Gasteiger partial charge on any atom is -0.307 e. The second-order valence-corrected chi connectivity index (χ2v) is 5.20. The minimum absolute atomic E-state index is 0.162. The molecule has 3 atom stereocenters. The minimum atomic E-state index is 0.162. The van der Waals surface area contributed by atoms with Crippen molar-refractivity contribution in [3.63, 3.8) is 0 Å². The van der Waals surface area contributed by atoms with E-state index in [1.807, 2.05) is 0 Å². The molecule has 1 aliphatic rings. The Morgan fingerprint density at radius 2 is 2.41 bits per heavy atom. The van der Waals surface area contributed by atoms with Crippen molar-refractivity contribution in [2.45, 2.75) is 39.7 Å². The van der Waals surface area contributed by atoms with E-state index in [0.29, 0.717) is 5.92 Å². The zero-order valence-electron chi connectivity index (χ0n) is 10.8. The van der Waals surface area contributed by atoms with E-state index in [-0.39, 0.29) is 6.04 Å². The molecule has 0 spiro atoms. The Morgan fingerprint density at radius 1 is 1.59 bits per heavy atom. The van der Waals surface area contributed by atoms with Crippen LogP contribution in [-0.4, -0.2) is 27.2 Å².